The first-order valence-corrected chi connectivity index (χ1v) is 5.55. The minimum absolute atomic E-state index is 0.589. The average Bonchev–Trinajstić information content (AvgIpc) is 2.16. The van der Waals surface area contributed by atoms with Crippen molar-refractivity contribution >= 4 is 0 Å². The summed E-state index contributed by atoms with van der Waals surface area (Å²) in [7, 11) is 0. The highest BCUT2D eigenvalue weighted by Gasteiger charge is 1.91. The molecule has 1 nitrogen and oxygen atoms in total. The van der Waals surface area contributed by atoms with Crippen LogP contribution in [0.4, 0.5) is 4.39 Å². The van der Waals surface area contributed by atoms with E-state index in [1.807, 2.05) is 0 Å². The van der Waals surface area contributed by atoms with Crippen LogP contribution in [0.3, 0.4) is 0 Å². The van der Waals surface area contributed by atoms with Crippen LogP contribution in [-0.4, -0.2) is 13.5 Å². The summed E-state index contributed by atoms with van der Waals surface area (Å²) in [4.78, 5) is 0. The lowest BCUT2D eigenvalue weighted by Gasteiger charge is -2.00. The lowest BCUT2D eigenvalue weighted by molar-refractivity contribution is 0.0554. The molecule has 0 aromatic heterocycles. The molecule has 13 heavy (non-hydrogen) atoms. The molecule has 0 aliphatic carbocycles. The Kier molecular flexibility index (Phi) is 11.8. The number of rotatable bonds is 10. The lowest BCUT2D eigenvalue weighted by atomic mass is 10.1. The topological polar surface area (TPSA) is 9.23 Å². The second kappa shape index (κ2) is 11.9. The minimum Gasteiger partial charge on any atom is -0.350 e. The fraction of sp³-hybridized carbons (Fsp3) is 1.00. The highest BCUT2D eigenvalue weighted by molar-refractivity contribution is 4.45. The second-order valence-corrected chi connectivity index (χ2v) is 3.49. The van der Waals surface area contributed by atoms with Gasteiger partial charge in [-0.2, -0.15) is 0 Å². The SMILES string of the molecule is CCCCCCCCCCOCF. The van der Waals surface area contributed by atoms with Crippen LogP contribution in [0.2, 0.25) is 0 Å². The van der Waals surface area contributed by atoms with Crippen LogP contribution in [0.5, 0.6) is 0 Å². The smallest absolute Gasteiger partial charge is 0.188 e. The summed E-state index contributed by atoms with van der Waals surface area (Å²) in [5, 5.41) is 0. The maximum Gasteiger partial charge on any atom is 0.188 e. The highest BCUT2D eigenvalue weighted by atomic mass is 19.1. The number of alkyl halides is 1. The molecule has 0 bridgehead atoms. The number of halogens is 1. The summed E-state index contributed by atoms with van der Waals surface area (Å²) in [6, 6.07) is 0. The summed E-state index contributed by atoms with van der Waals surface area (Å²) >= 11 is 0. The van der Waals surface area contributed by atoms with Crippen molar-refractivity contribution in [2.75, 3.05) is 13.5 Å². The van der Waals surface area contributed by atoms with E-state index in [0.717, 1.165) is 6.42 Å². The molecule has 0 rings (SSSR count). The lowest BCUT2D eigenvalue weighted by Crippen LogP contribution is -1.92. The Balaban J connectivity index is 2.76. The zero-order valence-corrected chi connectivity index (χ0v) is 8.86. The maximum atomic E-state index is 11.5. The first kappa shape index (κ1) is 12.9. The molecule has 0 heterocycles. The molecule has 0 aliphatic rings. The van der Waals surface area contributed by atoms with Crippen LogP contribution < -0.4 is 0 Å². The Bertz CT molecular complexity index is 76.2. The van der Waals surface area contributed by atoms with E-state index in [4.69, 9.17) is 0 Å². The molecule has 0 amide bonds. The Labute approximate surface area is 81.7 Å². The summed E-state index contributed by atoms with van der Waals surface area (Å²) in [6.07, 6.45) is 10.2. The van der Waals surface area contributed by atoms with Crippen molar-refractivity contribution in [3.63, 3.8) is 0 Å². The summed E-state index contributed by atoms with van der Waals surface area (Å²) < 4.78 is 16.1. The van der Waals surface area contributed by atoms with Crippen molar-refractivity contribution in [1.82, 2.24) is 0 Å². The van der Waals surface area contributed by atoms with Crippen LogP contribution in [0.15, 0.2) is 0 Å². The molecule has 80 valence electrons. The van der Waals surface area contributed by atoms with Crippen LogP contribution in [0, 0.1) is 0 Å². The van der Waals surface area contributed by atoms with Gasteiger partial charge in [0.05, 0.1) is 0 Å². The van der Waals surface area contributed by atoms with Gasteiger partial charge >= 0.3 is 0 Å². The first-order valence-electron chi connectivity index (χ1n) is 5.55. The molecule has 0 spiro atoms. The van der Waals surface area contributed by atoms with Gasteiger partial charge in [-0.3, -0.25) is 0 Å². The van der Waals surface area contributed by atoms with Gasteiger partial charge in [0.15, 0.2) is 6.86 Å². The van der Waals surface area contributed by atoms with Crippen molar-refractivity contribution in [3.05, 3.63) is 0 Å². The van der Waals surface area contributed by atoms with Crippen molar-refractivity contribution in [2.24, 2.45) is 0 Å². The van der Waals surface area contributed by atoms with Crippen LogP contribution >= 0.6 is 0 Å². The standard InChI is InChI=1S/C11H23FO/c1-2-3-4-5-6-7-8-9-10-13-11-12/h2-11H2,1H3. The van der Waals surface area contributed by atoms with Crippen LogP contribution in [0.25, 0.3) is 0 Å². The van der Waals surface area contributed by atoms with Gasteiger partial charge in [-0.1, -0.05) is 51.9 Å². The van der Waals surface area contributed by atoms with Gasteiger partial charge in [0.25, 0.3) is 0 Å². The molecular formula is C11H23FO. The molecule has 0 atom stereocenters. The Morgan fingerprint density at radius 1 is 0.846 bits per heavy atom. The molecule has 0 aromatic rings. The molecule has 0 aromatic carbocycles. The van der Waals surface area contributed by atoms with Gasteiger partial charge < -0.3 is 4.74 Å². The number of unbranched alkanes of at least 4 members (excludes halogenated alkanes) is 7. The van der Waals surface area contributed by atoms with Gasteiger partial charge in [-0.05, 0) is 6.42 Å². The number of hydrogen-bond acceptors (Lipinski definition) is 1. The van der Waals surface area contributed by atoms with Crippen molar-refractivity contribution < 1.29 is 9.13 Å². The van der Waals surface area contributed by atoms with E-state index in [2.05, 4.69) is 11.7 Å². The van der Waals surface area contributed by atoms with E-state index >= 15 is 0 Å². The molecule has 0 aliphatic heterocycles. The molecule has 2 heteroatoms. The molecule has 0 N–H and O–H groups in total. The Morgan fingerprint density at radius 2 is 1.38 bits per heavy atom. The quantitative estimate of drug-likeness (QED) is 0.472. The van der Waals surface area contributed by atoms with Gasteiger partial charge in [0.1, 0.15) is 0 Å². The predicted molar refractivity (Wildman–Crippen MR) is 54.5 cm³/mol. The monoisotopic (exact) mass is 190 g/mol. The minimum atomic E-state index is -0.628. The van der Waals surface area contributed by atoms with Crippen LogP contribution in [0.1, 0.15) is 58.3 Å². The third-order valence-corrected chi connectivity index (χ3v) is 2.22. The van der Waals surface area contributed by atoms with Crippen molar-refractivity contribution in [3.8, 4) is 0 Å². The maximum absolute atomic E-state index is 11.5. The molecule has 0 fully saturated rings. The fourth-order valence-corrected chi connectivity index (χ4v) is 1.39. The van der Waals surface area contributed by atoms with Gasteiger partial charge in [0, 0.05) is 6.61 Å². The van der Waals surface area contributed by atoms with E-state index in [1.165, 1.54) is 44.9 Å². The van der Waals surface area contributed by atoms with Gasteiger partial charge in [0.2, 0.25) is 0 Å². The normalized spacial score (nSPS) is 10.6. The zero-order chi connectivity index (χ0) is 9.78. The Hall–Kier alpha value is -0.110. The molecular weight excluding hydrogens is 167 g/mol. The van der Waals surface area contributed by atoms with Gasteiger partial charge in [-0.15, -0.1) is 0 Å². The van der Waals surface area contributed by atoms with E-state index in [-0.39, 0.29) is 0 Å². The molecule has 0 radical (unpaired) electrons. The second-order valence-electron chi connectivity index (χ2n) is 3.49. The number of ether oxygens (including phenoxy) is 1. The summed E-state index contributed by atoms with van der Waals surface area (Å²) in [5.74, 6) is 0. The zero-order valence-electron chi connectivity index (χ0n) is 8.86. The van der Waals surface area contributed by atoms with Gasteiger partial charge in [-0.25, -0.2) is 4.39 Å². The highest BCUT2D eigenvalue weighted by Crippen LogP contribution is 2.08. The van der Waals surface area contributed by atoms with Crippen molar-refractivity contribution in [2.45, 2.75) is 58.3 Å². The third kappa shape index (κ3) is 11.9. The third-order valence-electron chi connectivity index (χ3n) is 2.22. The fourth-order valence-electron chi connectivity index (χ4n) is 1.39. The number of hydrogen-bond donors (Lipinski definition) is 0. The van der Waals surface area contributed by atoms with E-state index in [1.54, 1.807) is 0 Å². The van der Waals surface area contributed by atoms with Crippen LogP contribution in [-0.2, 0) is 4.74 Å². The molecule has 0 unspecified atom stereocenters. The van der Waals surface area contributed by atoms with E-state index < -0.39 is 6.86 Å². The predicted octanol–water partition coefficient (Wildman–Crippen LogP) is 4.07. The van der Waals surface area contributed by atoms with E-state index in [0.29, 0.717) is 6.61 Å². The molecule has 0 saturated heterocycles. The summed E-state index contributed by atoms with van der Waals surface area (Å²) in [5.41, 5.74) is 0. The molecule has 0 saturated carbocycles. The average molecular weight is 190 g/mol. The first-order chi connectivity index (χ1) is 6.41. The largest absolute Gasteiger partial charge is 0.350 e. The Morgan fingerprint density at radius 3 is 1.92 bits per heavy atom. The van der Waals surface area contributed by atoms with E-state index in [9.17, 15) is 4.39 Å². The van der Waals surface area contributed by atoms with Crippen molar-refractivity contribution in [1.29, 1.82) is 0 Å². The summed E-state index contributed by atoms with van der Waals surface area (Å²) in [6.45, 7) is 2.19.